The van der Waals surface area contributed by atoms with E-state index in [1.807, 2.05) is 0 Å². The number of alkyl halides is 6. The van der Waals surface area contributed by atoms with Crippen LogP contribution in [0.15, 0.2) is 42.5 Å². The Morgan fingerprint density at radius 3 is 1.92 bits per heavy atom. The summed E-state index contributed by atoms with van der Waals surface area (Å²) in [6.45, 7) is 5.43. The molecule has 0 radical (unpaired) electrons. The third kappa shape index (κ3) is 7.36. The average molecular weight is 561 g/mol. The number of benzene rings is 2. The fourth-order valence-corrected chi connectivity index (χ4v) is 4.51. The molecule has 1 heterocycles. The van der Waals surface area contributed by atoms with Gasteiger partial charge in [0.05, 0.1) is 18.2 Å². The Hall–Kier alpha value is -3.44. The van der Waals surface area contributed by atoms with Crippen LogP contribution in [0.1, 0.15) is 60.2 Å². The van der Waals surface area contributed by atoms with E-state index in [-0.39, 0.29) is 25.6 Å². The highest BCUT2D eigenvalue weighted by molar-refractivity contribution is 5.95. The van der Waals surface area contributed by atoms with E-state index in [4.69, 9.17) is 9.47 Å². The zero-order valence-corrected chi connectivity index (χ0v) is 22.1. The van der Waals surface area contributed by atoms with Crippen LogP contribution in [-0.2, 0) is 17.1 Å². The molecule has 3 rings (SSSR count). The summed E-state index contributed by atoms with van der Waals surface area (Å²) in [6, 6.07) is 7.02. The van der Waals surface area contributed by atoms with E-state index < -0.39 is 58.6 Å². The summed E-state index contributed by atoms with van der Waals surface area (Å²) >= 11 is 0. The fourth-order valence-electron chi connectivity index (χ4n) is 4.51. The Morgan fingerprint density at radius 2 is 1.46 bits per heavy atom. The second-order valence-electron chi connectivity index (χ2n) is 10.4. The number of carbonyl (C=O) groups is 2. The van der Waals surface area contributed by atoms with E-state index >= 15 is 0 Å². The predicted octanol–water partition coefficient (Wildman–Crippen LogP) is 6.60. The highest BCUT2D eigenvalue weighted by atomic mass is 19.4. The van der Waals surface area contributed by atoms with Crippen LogP contribution in [-0.4, -0.2) is 60.7 Å². The molecule has 1 aliphatic heterocycles. The lowest BCUT2D eigenvalue weighted by Crippen LogP contribution is -2.52. The second-order valence-corrected chi connectivity index (χ2v) is 10.4. The maximum absolute atomic E-state index is 13.4. The molecule has 2 amide bonds. The summed E-state index contributed by atoms with van der Waals surface area (Å²) in [6.07, 6.45) is -10.5. The van der Waals surface area contributed by atoms with Gasteiger partial charge < -0.3 is 19.3 Å². The van der Waals surface area contributed by atoms with Crippen molar-refractivity contribution in [1.82, 2.24) is 9.80 Å². The Labute approximate surface area is 222 Å². The van der Waals surface area contributed by atoms with Gasteiger partial charge in [-0.3, -0.25) is 4.79 Å². The van der Waals surface area contributed by atoms with Crippen LogP contribution in [0.4, 0.5) is 31.1 Å². The molecule has 0 aliphatic carbocycles. The van der Waals surface area contributed by atoms with Crippen molar-refractivity contribution in [1.29, 1.82) is 0 Å². The standard InChI is InChI=1S/C27H30F6N2O4/c1-25(2,3)39-24(37)35-11-10-22(21(15-35)16-6-8-20(38-5)9-7-16)34(4)23(36)17-12-18(26(28,29)30)14-19(13-17)27(31,32)33/h6-9,12-14,21-22H,10-11,15H2,1-5H3/t21-,22+/m0/s1. The van der Waals surface area contributed by atoms with Crippen molar-refractivity contribution in [3.05, 3.63) is 64.7 Å². The van der Waals surface area contributed by atoms with Gasteiger partial charge >= 0.3 is 18.4 Å². The summed E-state index contributed by atoms with van der Waals surface area (Å²) in [5, 5.41) is 0. The van der Waals surface area contributed by atoms with Crippen LogP contribution in [0.5, 0.6) is 5.75 Å². The number of likely N-dealkylation sites (tertiary alicyclic amines) is 1. The highest BCUT2D eigenvalue weighted by Crippen LogP contribution is 2.38. The number of likely N-dealkylation sites (N-methyl/N-ethyl adjacent to an activating group) is 1. The monoisotopic (exact) mass is 560 g/mol. The molecule has 214 valence electrons. The van der Waals surface area contributed by atoms with E-state index in [9.17, 15) is 35.9 Å². The molecule has 2 aromatic rings. The van der Waals surface area contributed by atoms with Crippen LogP contribution in [0.3, 0.4) is 0 Å². The van der Waals surface area contributed by atoms with E-state index in [2.05, 4.69) is 0 Å². The summed E-state index contributed by atoms with van der Waals surface area (Å²) in [7, 11) is 2.82. The van der Waals surface area contributed by atoms with Gasteiger partial charge in [0.2, 0.25) is 0 Å². The highest BCUT2D eigenvalue weighted by Gasteiger charge is 2.40. The molecule has 39 heavy (non-hydrogen) atoms. The normalized spacial score (nSPS) is 18.5. The van der Waals surface area contributed by atoms with Crippen molar-refractivity contribution >= 4 is 12.0 Å². The number of rotatable bonds is 4. The molecule has 0 aromatic heterocycles. The van der Waals surface area contributed by atoms with Gasteiger partial charge in [0.25, 0.3) is 5.91 Å². The number of carbonyl (C=O) groups excluding carboxylic acids is 2. The zero-order valence-electron chi connectivity index (χ0n) is 22.1. The van der Waals surface area contributed by atoms with Gasteiger partial charge in [-0.2, -0.15) is 26.3 Å². The Balaban J connectivity index is 1.98. The minimum atomic E-state index is -5.08. The smallest absolute Gasteiger partial charge is 0.416 e. The first-order chi connectivity index (χ1) is 17.9. The molecule has 0 spiro atoms. The van der Waals surface area contributed by atoms with Crippen molar-refractivity contribution in [3.8, 4) is 5.75 Å². The van der Waals surface area contributed by atoms with E-state index in [1.165, 1.54) is 19.1 Å². The minimum Gasteiger partial charge on any atom is -0.497 e. The molecule has 0 saturated carbocycles. The van der Waals surface area contributed by atoms with Gasteiger partial charge in [-0.25, -0.2) is 4.79 Å². The molecule has 6 nitrogen and oxygen atoms in total. The van der Waals surface area contributed by atoms with Crippen LogP contribution < -0.4 is 4.74 Å². The van der Waals surface area contributed by atoms with Crippen molar-refractivity contribution in [2.75, 3.05) is 27.2 Å². The summed E-state index contributed by atoms with van der Waals surface area (Å²) in [5.74, 6) is -0.956. The number of hydrogen-bond donors (Lipinski definition) is 0. The Morgan fingerprint density at radius 1 is 0.923 bits per heavy atom. The quantitative estimate of drug-likeness (QED) is 0.396. The van der Waals surface area contributed by atoms with E-state index in [1.54, 1.807) is 45.0 Å². The fraction of sp³-hybridized carbons (Fsp3) is 0.481. The number of piperidine rings is 1. The largest absolute Gasteiger partial charge is 0.497 e. The summed E-state index contributed by atoms with van der Waals surface area (Å²) < 4.78 is 91.0. The lowest BCUT2D eigenvalue weighted by atomic mass is 9.84. The number of amides is 2. The number of nitrogens with zero attached hydrogens (tertiary/aromatic N) is 2. The second kappa shape index (κ2) is 11.0. The average Bonchev–Trinajstić information content (AvgIpc) is 2.85. The van der Waals surface area contributed by atoms with E-state index in [0.29, 0.717) is 23.4 Å². The molecule has 0 bridgehead atoms. The number of hydrogen-bond acceptors (Lipinski definition) is 4. The third-order valence-electron chi connectivity index (χ3n) is 6.42. The molecule has 12 heteroatoms. The molecule has 1 fully saturated rings. The molecule has 0 N–H and O–H groups in total. The van der Waals surface area contributed by atoms with Gasteiger partial charge in [0.1, 0.15) is 11.4 Å². The van der Waals surface area contributed by atoms with Gasteiger partial charge in [0, 0.05) is 37.7 Å². The van der Waals surface area contributed by atoms with Crippen molar-refractivity contribution in [2.24, 2.45) is 0 Å². The first kappa shape index (κ1) is 30.1. The Bertz CT molecular complexity index is 1160. The van der Waals surface area contributed by atoms with Gasteiger partial charge in [-0.1, -0.05) is 12.1 Å². The van der Waals surface area contributed by atoms with Gasteiger partial charge in [0.15, 0.2) is 0 Å². The Kier molecular flexibility index (Phi) is 8.47. The molecule has 2 aromatic carbocycles. The van der Waals surface area contributed by atoms with Crippen LogP contribution >= 0.6 is 0 Å². The number of ether oxygens (including phenoxy) is 2. The zero-order chi connectivity index (χ0) is 29.3. The van der Waals surface area contributed by atoms with Crippen molar-refractivity contribution < 1.29 is 45.4 Å². The van der Waals surface area contributed by atoms with Gasteiger partial charge in [-0.15, -0.1) is 0 Å². The predicted molar refractivity (Wildman–Crippen MR) is 130 cm³/mol. The maximum atomic E-state index is 13.4. The minimum absolute atomic E-state index is 0.0176. The van der Waals surface area contributed by atoms with Crippen LogP contribution in [0, 0.1) is 0 Å². The number of halogens is 6. The lowest BCUT2D eigenvalue weighted by Gasteiger charge is -2.43. The number of methoxy groups -OCH3 is 1. The first-order valence-corrected chi connectivity index (χ1v) is 12.1. The first-order valence-electron chi connectivity index (χ1n) is 12.1. The molecule has 2 atom stereocenters. The SMILES string of the molecule is COc1ccc([C@@H]2CN(C(=O)OC(C)(C)C)CC[C@H]2N(C)C(=O)c2cc(C(F)(F)F)cc(C(F)(F)F)c2)cc1. The molecular formula is C27H30F6N2O4. The maximum Gasteiger partial charge on any atom is 0.416 e. The molecular weight excluding hydrogens is 530 g/mol. The van der Waals surface area contributed by atoms with Crippen LogP contribution in [0.2, 0.25) is 0 Å². The third-order valence-corrected chi connectivity index (χ3v) is 6.42. The lowest BCUT2D eigenvalue weighted by molar-refractivity contribution is -0.143. The van der Waals surface area contributed by atoms with E-state index in [0.717, 1.165) is 4.90 Å². The summed E-state index contributed by atoms with van der Waals surface area (Å²) in [4.78, 5) is 28.7. The van der Waals surface area contributed by atoms with Gasteiger partial charge in [-0.05, 0) is 63.1 Å². The summed E-state index contributed by atoms with van der Waals surface area (Å²) in [5.41, 5.74) is -3.92. The molecule has 1 aliphatic rings. The van der Waals surface area contributed by atoms with Crippen molar-refractivity contribution in [2.45, 2.75) is 57.1 Å². The molecule has 0 unspecified atom stereocenters. The van der Waals surface area contributed by atoms with Crippen molar-refractivity contribution in [3.63, 3.8) is 0 Å². The van der Waals surface area contributed by atoms with Crippen LogP contribution in [0.25, 0.3) is 0 Å². The topological polar surface area (TPSA) is 59.1 Å². The molecule has 1 saturated heterocycles.